The van der Waals surface area contributed by atoms with Crippen LogP contribution in [0.3, 0.4) is 0 Å². The van der Waals surface area contributed by atoms with Crippen LogP contribution in [0.25, 0.3) is 0 Å². The number of carbonyl (C=O) groups is 2. The summed E-state index contributed by atoms with van der Waals surface area (Å²) < 4.78 is 0. The molecule has 0 spiro atoms. The largest absolute Gasteiger partial charge is 0.312 e. The fourth-order valence-electron chi connectivity index (χ4n) is 2.18. The van der Waals surface area contributed by atoms with Crippen molar-refractivity contribution in [2.45, 2.75) is 25.7 Å². The number of halogens is 1. The van der Waals surface area contributed by atoms with Gasteiger partial charge < -0.3 is 4.90 Å². The molecule has 3 nitrogen and oxygen atoms in total. The third-order valence-corrected chi connectivity index (χ3v) is 3.39. The highest BCUT2D eigenvalue weighted by Crippen LogP contribution is 2.27. The van der Waals surface area contributed by atoms with Gasteiger partial charge in [-0.1, -0.05) is 12.1 Å². The van der Waals surface area contributed by atoms with E-state index in [-0.39, 0.29) is 11.7 Å². The fourth-order valence-corrected chi connectivity index (χ4v) is 2.37. The van der Waals surface area contributed by atoms with Crippen molar-refractivity contribution in [1.29, 1.82) is 0 Å². The number of Topliss-reactive ketones (excluding diaryl/α,β-unsaturated/α-hetero) is 1. The monoisotopic (exact) mass is 265 g/mol. The number of unbranched alkanes of at least 4 members (excludes halogenated alkanes) is 1. The molecule has 0 N–H and O–H groups in total. The maximum atomic E-state index is 12.1. The normalized spacial score (nSPS) is 15.5. The van der Waals surface area contributed by atoms with Gasteiger partial charge in [-0.05, 0) is 25.0 Å². The third-order valence-electron chi connectivity index (χ3n) is 3.13. The first-order valence-electron chi connectivity index (χ1n) is 6.22. The van der Waals surface area contributed by atoms with Crippen LogP contribution in [0.1, 0.15) is 36.0 Å². The molecule has 2 rings (SSSR count). The molecule has 0 saturated carbocycles. The second kappa shape index (κ2) is 6.01. The molecule has 4 heteroatoms. The number of benzene rings is 1. The minimum Gasteiger partial charge on any atom is -0.312 e. The summed E-state index contributed by atoms with van der Waals surface area (Å²) in [5.74, 6) is 0.685. The van der Waals surface area contributed by atoms with E-state index in [9.17, 15) is 9.59 Å². The Morgan fingerprint density at radius 1 is 1.11 bits per heavy atom. The molecule has 18 heavy (non-hydrogen) atoms. The summed E-state index contributed by atoms with van der Waals surface area (Å²) in [5.41, 5.74) is 1.41. The second-order valence-corrected chi connectivity index (χ2v) is 4.76. The lowest BCUT2D eigenvalue weighted by Gasteiger charge is -2.22. The molecule has 1 amide bonds. The van der Waals surface area contributed by atoms with E-state index in [1.54, 1.807) is 11.0 Å². The maximum absolute atomic E-state index is 12.1. The van der Waals surface area contributed by atoms with Crippen LogP contribution in [0.15, 0.2) is 24.3 Å². The standard InChI is InChI=1S/C14H16ClNO2/c15-9-3-4-10-16-12-6-2-1-5-11(12)13(17)7-8-14(16)18/h1-2,5-6H,3-4,7-10H2. The second-order valence-electron chi connectivity index (χ2n) is 4.38. The van der Waals surface area contributed by atoms with E-state index >= 15 is 0 Å². The van der Waals surface area contributed by atoms with Gasteiger partial charge in [-0.3, -0.25) is 9.59 Å². The van der Waals surface area contributed by atoms with E-state index in [1.165, 1.54) is 0 Å². The molecule has 1 aliphatic rings. The van der Waals surface area contributed by atoms with Crippen LogP contribution in [0.5, 0.6) is 0 Å². The molecule has 96 valence electrons. The Labute approximate surface area is 112 Å². The van der Waals surface area contributed by atoms with Gasteiger partial charge >= 0.3 is 0 Å². The van der Waals surface area contributed by atoms with Crippen LogP contribution in [0.4, 0.5) is 5.69 Å². The van der Waals surface area contributed by atoms with Crippen LogP contribution in [0, 0.1) is 0 Å². The lowest BCUT2D eigenvalue weighted by molar-refractivity contribution is -0.118. The number of rotatable bonds is 4. The minimum absolute atomic E-state index is 0.0304. The van der Waals surface area contributed by atoms with E-state index in [4.69, 9.17) is 11.6 Å². The fraction of sp³-hybridized carbons (Fsp3) is 0.429. The zero-order valence-electron chi connectivity index (χ0n) is 10.2. The SMILES string of the molecule is O=C1CCC(=O)N(CCCCCl)c2ccccc21. The zero-order valence-corrected chi connectivity index (χ0v) is 10.9. The van der Waals surface area contributed by atoms with Gasteiger partial charge in [0.25, 0.3) is 0 Å². The highest BCUT2D eigenvalue weighted by molar-refractivity contribution is 6.17. The summed E-state index contributed by atoms with van der Waals surface area (Å²) in [7, 11) is 0. The molecular weight excluding hydrogens is 250 g/mol. The number of nitrogens with zero attached hydrogens (tertiary/aromatic N) is 1. The highest BCUT2D eigenvalue weighted by Gasteiger charge is 2.25. The van der Waals surface area contributed by atoms with Gasteiger partial charge in [0.15, 0.2) is 5.78 Å². The van der Waals surface area contributed by atoms with Crippen molar-refractivity contribution in [3.05, 3.63) is 29.8 Å². The number of amides is 1. The number of ketones is 1. The average Bonchev–Trinajstić information content (AvgIpc) is 2.51. The molecule has 0 aliphatic carbocycles. The summed E-state index contributed by atoms with van der Waals surface area (Å²) in [6.45, 7) is 0.635. The van der Waals surface area contributed by atoms with Crippen molar-refractivity contribution in [2.24, 2.45) is 0 Å². The molecule has 0 fully saturated rings. The highest BCUT2D eigenvalue weighted by atomic mass is 35.5. The van der Waals surface area contributed by atoms with Crippen LogP contribution in [-0.4, -0.2) is 24.1 Å². The number of hydrogen-bond donors (Lipinski definition) is 0. The summed E-state index contributed by atoms with van der Waals surface area (Å²) in [5, 5.41) is 0. The Balaban J connectivity index is 2.28. The molecule has 0 bridgehead atoms. The summed E-state index contributed by atoms with van der Waals surface area (Å²) in [6, 6.07) is 7.34. The van der Waals surface area contributed by atoms with Crippen LogP contribution in [0.2, 0.25) is 0 Å². The van der Waals surface area contributed by atoms with Gasteiger partial charge in [-0.15, -0.1) is 11.6 Å². The molecule has 0 aromatic heterocycles. The Kier molecular flexibility index (Phi) is 4.37. The molecule has 1 heterocycles. The summed E-state index contributed by atoms with van der Waals surface area (Å²) in [4.78, 5) is 25.7. The van der Waals surface area contributed by atoms with Crippen molar-refractivity contribution in [1.82, 2.24) is 0 Å². The van der Waals surface area contributed by atoms with Gasteiger partial charge in [0.2, 0.25) is 5.91 Å². The first kappa shape index (κ1) is 13.1. The van der Waals surface area contributed by atoms with Crippen LogP contribution >= 0.6 is 11.6 Å². The van der Waals surface area contributed by atoms with Crippen LogP contribution in [-0.2, 0) is 4.79 Å². The molecule has 0 radical (unpaired) electrons. The number of fused-ring (bicyclic) bond motifs is 1. The molecule has 1 aromatic carbocycles. The van der Waals surface area contributed by atoms with Crippen molar-refractivity contribution < 1.29 is 9.59 Å². The van der Waals surface area contributed by atoms with Crippen LogP contribution < -0.4 is 4.90 Å². The van der Waals surface area contributed by atoms with Gasteiger partial charge in [0.05, 0.1) is 5.69 Å². The van der Waals surface area contributed by atoms with E-state index in [1.807, 2.05) is 18.2 Å². The van der Waals surface area contributed by atoms with Crippen molar-refractivity contribution in [3.63, 3.8) is 0 Å². The summed E-state index contributed by atoms with van der Waals surface area (Å²) in [6.07, 6.45) is 2.34. The molecule has 1 aromatic rings. The van der Waals surface area contributed by atoms with Crippen molar-refractivity contribution >= 4 is 29.0 Å². The lowest BCUT2D eigenvalue weighted by atomic mass is 10.1. The van der Waals surface area contributed by atoms with E-state index in [0.29, 0.717) is 30.8 Å². The van der Waals surface area contributed by atoms with Gasteiger partial charge in [-0.25, -0.2) is 0 Å². The Morgan fingerprint density at radius 2 is 1.89 bits per heavy atom. The predicted molar refractivity (Wildman–Crippen MR) is 72.3 cm³/mol. The van der Waals surface area contributed by atoms with Gasteiger partial charge in [0.1, 0.15) is 0 Å². The molecular formula is C14H16ClNO2. The smallest absolute Gasteiger partial charge is 0.227 e. The van der Waals surface area contributed by atoms with Crippen molar-refractivity contribution in [3.8, 4) is 0 Å². The molecule has 1 aliphatic heterocycles. The molecule has 0 atom stereocenters. The number of para-hydroxylation sites is 1. The quantitative estimate of drug-likeness (QED) is 0.620. The molecule has 0 unspecified atom stereocenters. The van der Waals surface area contributed by atoms with E-state index in [0.717, 1.165) is 18.5 Å². The van der Waals surface area contributed by atoms with E-state index in [2.05, 4.69) is 0 Å². The number of alkyl halides is 1. The first-order valence-corrected chi connectivity index (χ1v) is 6.76. The number of carbonyl (C=O) groups excluding carboxylic acids is 2. The van der Waals surface area contributed by atoms with Crippen molar-refractivity contribution in [2.75, 3.05) is 17.3 Å². The number of anilines is 1. The van der Waals surface area contributed by atoms with Gasteiger partial charge in [0, 0.05) is 30.8 Å². The Bertz CT molecular complexity index is 459. The van der Waals surface area contributed by atoms with E-state index < -0.39 is 0 Å². The maximum Gasteiger partial charge on any atom is 0.227 e. The van der Waals surface area contributed by atoms with Gasteiger partial charge in [-0.2, -0.15) is 0 Å². The number of hydrogen-bond acceptors (Lipinski definition) is 2. The first-order chi connectivity index (χ1) is 8.74. The predicted octanol–water partition coefficient (Wildman–Crippen LogP) is 3.02. The molecule has 0 saturated heterocycles. The third kappa shape index (κ3) is 2.72. The topological polar surface area (TPSA) is 37.4 Å². The Hall–Kier alpha value is -1.35. The summed E-state index contributed by atoms with van der Waals surface area (Å²) >= 11 is 5.65. The Morgan fingerprint density at radius 3 is 2.67 bits per heavy atom. The minimum atomic E-state index is 0.0304. The lowest BCUT2D eigenvalue weighted by Crippen LogP contribution is -2.31. The zero-order chi connectivity index (χ0) is 13.0. The average molecular weight is 266 g/mol.